The average Bonchev–Trinajstić information content (AvgIpc) is 2.05. The van der Waals surface area contributed by atoms with E-state index in [1.165, 1.54) is 6.08 Å². The van der Waals surface area contributed by atoms with Crippen molar-refractivity contribution in [3.8, 4) is 0 Å². The molecule has 0 spiro atoms. The Morgan fingerprint density at radius 1 is 1.36 bits per heavy atom. The van der Waals surface area contributed by atoms with Crippen molar-refractivity contribution in [1.29, 1.82) is 0 Å². The Morgan fingerprint density at radius 3 is 2.36 bits per heavy atom. The molecule has 0 aromatic heterocycles. The van der Waals surface area contributed by atoms with Gasteiger partial charge in [-0.1, -0.05) is 34.1 Å². The number of halogens is 1. The molecule has 1 aromatic carbocycles. The summed E-state index contributed by atoms with van der Waals surface area (Å²) in [6, 6.07) is 7.50. The highest BCUT2D eigenvalue weighted by atomic mass is 79.9. The summed E-state index contributed by atoms with van der Waals surface area (Å²) < 4.78 is 1.01. The first-order valence-corrected chi connectivity index (χ1v) is 4.09. The van der Waals surface area contributed by atoms with E-state index in [4.69, 9.17) is 0 Å². The Labute approximate surface area is 74.5 Å². The van der Waals surface area contributed by atoms with Crippen molar-refractivity contribution in [3.05, 3.63) is 47.0 Å². The van der Waals surface area contributed by atoms with Crippen LogP contribution in [0.5, 0.6) is 0 Å². The normalized spacial score (nSPS) is 12.5. The van der Waals surface area contributed by atoms with Crippen LogP contribution in [0.3, 0.4) is 0 Å². The zero-order chi connectivity index (χ0) is 8.27. The second-order valence-electron chi connectivity index (χ2n) is 2.23. The summed E-state index contributed by atoms with van der Waals surface area (Å²) in [5.41, 5.74) is 0.864. The topological polar surface area (TPSA) is 20.2 Å². The van der Waals surface area contributed by atoms with Crippen LogP contribution < -0.4 is 0 Å². The first-order chi connectivity index (χ1) is 5.24. The molecule has 1 unspecified atom stereocenters. The smallest absolute Gasteiger partial charge is 0.0969 e. The maximum absolute atomic E-state index is 9.29. The van der Waals surface area contributed by atoms with E-state index in [-0.39, 0.29) is 0 Å². The van der Waals surface area contributed by atoms with E-state index in [0.29, 0.717) is 0 Å². The van der Waals surface area contributed by atoms with Gasteiger partial charge in [-0.15, -0.1) is 6.58 Å². The van der Waals surface area contributed by atoms with E-state index in [1.54, 1.807) is 0 Å². The molecule has 1 atom stereocenters. The van der Waals surface area contributed by atoms with E-state index >= 15 is 0 Å². The van der Waals surface area contributed by atoms with Gasteiger partial charge < -0.3 is 5.11 Å². The van der Waals surface area contributed by atoms with Crippen molar-refractivity contribution in [2.75, 3.05) is 0 Å². The third-order valence-corrected chi connectivity index (χ3v) is 1.96. The Balaban J connectivity index is 2.89. The molecule has 0 saturated heterocycles. The molecule has 2 heteroatoms. The molecule has 58 valence electrons. The SMILES string of the molecule is C=CC(O)c1ccc(Br)cc1. The fourth-order valence-corrected chi connectivity index (χ4v) is 1.06. The van der Waals surface area contributed by atoms with E-state index in [2.05, 4.69) is 22.5 Å². The number of benzene rings is 1. The number of aliphatic hydroxyl groups is 1. The maximum atomic E-state index is 9.29. The van der Waals surface area contributed by atoms with E-state index in [1.807, 2.05) is 24.3 Å². The molecule has 1 aromatic rings. The highest BCUT2D eigenvalue weighted by molar-refractivity contribution is 9.10. The minimum absolute atomic E-state index is 0.553. The summed E-state index contributed by atoms with van der Waals surface area (Å²) >= 11 is 3.31. The van der Waals surface area contributed by atoms with Crippen LogP contribution in [0, 0.1) is 0 Å². The van der Waals surface area contributed by atoms with Gasteiger partial charge in [-0.2, -0.15) is 0 Å². The van der Waals surface area contributed by atoms with Crippen LogP contribution in [-0.2, 0) is 0 Å². The van der Waals surface area contributed by atoms with Gasteiger partial charge in [-0.3, -0.25) is 0 Å². The molecular weight excluding hydrogens is 204 g/mol. The van der Waals surface area contributed by atoms with E-state index in [9.17, 15) is 5.11 Å². The van der Waals surface area contributed by atoms with Gasteiger partial charge in [-0.05, 0) is 17.7 Å². The van der Waals surface area contributed by atoms with Gasteiger partial charge in [0.05, 0.1) is 6.10 Å². The summed E-state index contributed by atoms with van der Waals surface area (Å²) in [6.45, 7) is 3.50. The van der Waals surface area contributed by atoms with Gasteiger partial charge in [0.15, 0.2) is 0 Å². The van der Waals surface area contributed by atoms with Crippen molar-refractivity contribution in [2.45, 2.75) is 6.10 Å². The monoisotopic (exact) mass is 212 g/mol. The lowest BCUT2D eigenvalue weighted by molar-refractivity contribution is 0.229. The second-order valence-corrected chi connectivity index (χ2v) is 3.15. The summed E-state index contributed by atoms with van der Waals surface area (Å²) in [7, 11) is 0. The van der Waals surface area contributed by atoms with Crippen molar-refractivity contribution >= 4 is 15.9 Å². The first kappa shape index (κ1) is 8.50. The Morgan fingerprint density at radius 2 is 1.91 bits per heavy atom. The quantitative estimate of drug-likeness (QED) is 0.748. The Kier molecular flexibility index (Phi) is 2.85. The lowest BCUT2D eigenvalue weighted by Gasteiger charge is -2.03. The highest BCUT2D eigenvalue weighted by Crippen LogP contribution is 2.16. The lowest BCUT2D eigenvalue weighted by Crippen LogP contribution is -1.90. The Bertz CT molecular complexity index is 240. The van der Waals surface area contributed by atoms with Gasteiger partial charge in [0.2, 0.25) is 0 Å². The van der Waals surface area contributed by atoms with Crippen LogP contribution >= 0.6 is 15.9 Å². The van der Waals surface area contributed by atoms with Gasteiger partial charge in [0.25, 0.3) is 0 Å². The number of aliphatic hydroxyl groups excluding tert-OH is 1. The van der Waals surface area contributed by atoms with E-state index in [0.717, 1.165) is 10.0 Å². The fourth-order valence-electron chi connectivity index (χ4n) is 0.796. The van der Waals surface area contributed by atoms with Gasteiger partial charge in [0, 0.05) is 4.47 Å². The standard InChI is InChI=1S/C9H9BrO/c1-2-9(11)7-3-5-8(10)6-4-7/h2-6,9,11H,1H2. The summed E-state index contributed by atoms with van der Waals surface area (Å²) in [4.78, 5) is 0. The molecule has 11 heavy (non-hydrogen) atoms. The van der Waals surface area contributed by atoms with Crippen LogP contribution in [0.25, 0.3) is 0 Å². The molecular formula is C9H9BrO. The molecule has 0 aliphatic rings. The van der Waals surface area contributed by atoms with Gasteiger partial charge in [-0.25, -0.2) is 0 Å². The third-order valence-electron chi connectivity index (χ3n) is 1.43. The molecule has 0 heterocycles. The zero-order valence-corrected chi connectivity index (χ0v) is 7.58. The number of rotatable bonds is 2. The van der Waals surface area contributed by atoms with Crippen LogP contribution in [0.4, 0.5) is 0 Å². The van der Waals surface area contributed by atoms with Crippen molar-refractivity contribution in [3.63, 3.8) is 0 Å². The highest BCUT2D eigenvalue weighted by Gasteiger charge is 1.99. The van der Waals surface area contributed by atoms with E-state index < -0.39 is 6.10 Å². The van der Waals surface area contributed by atoms with Crippen molar-refractivity contribution in [1.82, 2.24) is 0 Å². The number of hydrogen-bond donors (Lipinski definition) is 1. The molecule has 0 bridgehead atoms. The van der Waals surface area contributed by atoms with Crippen LogP contribution in [0.15, 0.2) is 41.4 Å². The molecule has 1 rings (SSSR count). The number of hydrogen-bond acceptors (Lipinski definition) is 1. The predicted octanol–water partition coefficient (Wildman–Crippen LogP) is 2.67. The minimum Gasteiger partial charge on any atom is -0.384 e. The zero-order valence-electron chi connectivity index (χ0n) is 6.00. The molecule has 1 nitrogen and oxygen atoms in total. The maximum Gasteiger partial charge on any atom is 0.0969 e. The second kappa shape index (κ2) is 3.69. The molecule has 0 aliphatic heterocycles. The lowest BCUT2D eigenvalue weighted by atomic mass is 10.1. The summed E-state index contributed by atoms with van der Waals surface area (Å²) in [6.07, 6.45) is 0.951. The molecule has 0 saturated carbocycles. The third kappa shape index (κ3) is 2.17. The Hall–Kier alpha value is -0.600. The summed E-state index contributed by atoms with van der Waals surface area (Å²) in [5.74, 6) is 0. The average molecular weight is 213 g/mol. The largest absolute Gasteiger partial charge is 0.384 e. The fraction of sp³-hybridized carbons (Fsp3) is 0.111. The van der Waals surface area contributed by atoms with Gasteiger partial charge in [0.1, 0.15) is 0 Å². The van der Waals surface area contributed by atoms with Crippen molar-refractivity contribution in [2.24, 2.45) is 0 Å². The summed E-state index contributed by atoms with van der Waals surface area (Å²) in [5, 5.41) is 9.29. The first-order valence-electron chi connectivity index (χ1n) is 3.30. The van der Waals surface area contributed by atoms with Gasteiger partial charge >= 0.3 is 0 Å². The minimum atomic E-state index is -0.553. The molecule has 1 N–H and O–H groups in total. The van der Waals surface area contributed by atoms with Crippen molar-refractivity contribution < 1.29 is 5.11 Å². The molecule has 0 radical (unpaired) electrons. The van der Waals surface area contributed by atoms with Crippen LogP contribution in [0.2, 0.25) is 0 Å². The predicted molar refractivity (Wildman–Crippen MR) is 49.3 cm³/mol. The molecule has 0 aliphatic carbocycles. The molecule has 0 amide bonds. The molecule has 0 fully saturated rings. The van der Waals surface area contributed by atoms with Crippen LogP contribution in [-0.4, -0.2) is 5.11 Å². The van der Waals surface area contributed by atoms with Crippen LogP contribution in [0.1, 0.15) is 11.7 Å².